The minimum absolute atomic E-state index is 0.272. The van der Waals surface area contributed by atoms with Crippen LogP contribution in [-0.4, -0.2) is 30.9 Å². The summed E-state index contributed by atoms with van der Waals surface area (Å²) in [6.07, 6.45) is 1.66. The topological polar surface area (TPSA) is 88.5 Å². The molecular weight excluding hydrogens is 340 g/mol. The van der Waals surface area contributed by atoms with Crippen molar-refractivity contribution in [3.05, 3.63) is 77.4 Å². The smallest absolute Gasteiger partial charge is 0.274 e. The Kier molecular flexibility index (Phi) is 4.42. The van der Waals surface area contributed by atoms with Crippen LogP contribution in [0.25, 0.3) is 11.0 Å². The maximum absolute atomic E-state index is 12.5. The van der Waals surface area contributed by atoms with Gasteiger partial charge in [0.15, 0.2) is 5.69 Å². The molecule has 0 unspecified atom stereocenters. The first-order valence-electron chi connectivity index (χ1n) is 8.80. The molecule has 2 heterocycles. The van der Waals surface area contributed by atoms with Crippen LogP contribution in [0.4, 0.5) is 0 Å². The molecule has 0 bridgehead atoms. The van der Waals surface area contributed by atoms with E-state index >= 15 is 0 Å². The first kappa shape index (κ1) is 17.0. The van der Waals surface area contributed by atoms with Crippen LogP contribution in [-0.2, 0) is 6.54 Å². The molecule has 136 valence electrons. The van der Waals surface area contributed by atoms with Gasteiger partial charge in [-0.3, -0.25) is 4.79 Å². The van der Waals surface area contributed by atoms with E-state index in [-0.39, 0.29) is 17.6 Å². The molecular formula is C20H20N6O. The number of aromatic nitrogens is 5. The van der Waals surface area contributed by atoms with Crippen LogP contribution in [0.3, 0.4) is 0 Å². The summed E-state index contributed by atoms with van der Waals surface area (Å²) in [6.45, 7) is 4.51. The molecule has 7 nitrogen and oxygen atoms in total. The molecule has 0 saturated heterocycles. The van der Waals surface area contributed by atoms with Crippen molar-refractivity contribution < 1.29 is 4.79 Å². The quantitative estimate of drug-likeness (QED) is 0.573. The number of fused-ring (bicyclic) bond motifs is 1. The highest BCUT2D eigenvalue weighted by molar-refractivity contribution is 5.92. The minimum Gasteiger partial charge on any atom is -0.341 e. The Morgan fingerprint density at radius 2 is 1.96 bits per heavy atom. The van der Waals surface area contributed by atoms with E-state index in [0.29, 0.717) is 12.4 Å². The number of hydrogen-bond acceptors (Lipinski definition) is 4. The molecule has 0 radical (unpaired) electrons. The fraction of sp³-hybridized carbons (Fsp3) is 0.200. The third-order valence-electron chi connectivity index (χ3n) is 4.53. The van der Waals surface area contributed by atoms with Crippen LogP contribution < -0.4 is 5.32 Å². The molecule has 2 N–H and O–H groups in total. The zero-order valence-corrected chi connectivity index (χ0v) is 15.2. The Bertz CT molecular complexity index is 1060. The van der Waals surface area contributed by atoms with Gasteiger partial charge in [-0.25, -0.2) is 9.67 Å². The van der Waals surface area contributed by atoms with E-state index in [4.69, 9.17) is 0 Å². The van der Waals surface area contributed by atoms with E-state index in [1.807, 2.05) is 49.4 Å². The second-order valence-electron chi connectivity index (χ2n) is 6.56. The second kappa shape index (κ2) is 7.03. The summed E-state index contributed by atoms with van der Waals surface area (Å²) in [5.74, 6) is 0.427. The molecule has 0 saturated carbocycles. The van der Waals surface area contributed by atoms with Crippen molar-refractivity contribution >= 4 is 16.9 Å². The third kappa shape index (κ3) is 3.57. The molecule has 2 aromatic carbocycles. The lowest BCUT2D eigenvalue weighted by Gasteiger charge is -2.09. The van der Waals surface area contributed by atoms with Gasteiger partial charge >= 0.3 is 0 Å². The van der Waals surface area contributed by atoms with Crippen LogP contribution in [0.15, 0.2) is 54.7 Å². The summed E-state index contributed by atoms with van der Waals surface area (Å²) < 4.78 is 1.67. The van der Waals surface area contributed by atoms with Crippen molar-refractivity contribution in [2.24, 2.45) is 0 Å². The fourth-order valence-corrected chi connectivity index (χ4v) is 2.96. The first-order chi connectivity index (χ1) is 13.1. The van der Waals surface area contributed by atoms with Crippen molar-refractivity contribution in [3.8, 4) is 0 Å². The highest BCUT2D eigenvalue weighted by Gasteiger charge is 2.17. The average molecular weight is 360 g/mol. The monoisotopic (exact) mass is 360 g/mol. The maximum atomic E-state index is 12.5. The lowest BCUT2D eigenvalue weighted by molar-refractivity contribution is 0.0933. The zero-order valence-electron chi connectivity index (χ0n) is 15.2. The molecule has 0 spiro atoms. The summed E-state index contributed by atoms with van der Waals surface area (Å²) >= 11 is 0. The SMILES string of the molecule is Cc1ccccc1Cn1cc(C(=O)N[C@@H](C)c2nc3ccccc3[nH]2)nn1. The molecule has 7 heteroatoms. The van der Waals surface area contributed by atoms with Crippen LogP contribution in [0.5, 0.6) is 0 Å². The lowest BCUT2D eigenvalue weighted by Crippen LogP contribution is -2.27. The summed E-state index contributed by atoms with van der Waals surface area (Å²) in [6, 6.07) is 15.6. The van der Waals surface area contributed by atoms with Gasteiger partial charge in [0.1, 0.15) is 5.82 Å². The Morgan fingerprint density at radius 1 is 1.19 bits per heavy atom. The van der Waals surface area contributed by atoms with Gasteiger partial charge < -0.3 is 10.3 Å². The number of amides is 1. The van der Waals surface area contributed by atoms with Crippen LogP contribution in [0.2, 0.25) is 0 Å². The number of nitrogens with zero attached hydrogens (tertiary/aromatic N) is 4. The number of carbonyl (C=O) groups is 1. The number of aryl methyl sites for hydroxylation is 1. The standard InChI is InChI=1S/C20H20N6O/c1-13-7-3-4-8-15(13)11-26-12-18(24-25-26)20(27)21-14(2)19-22-16-9-5-6-10-17(16)23-19/h3-10,12,14H,11H2,1-2H3,(H,21,27)(H,22,23)/t14-/m0/s1. The highest BCUT2D eigenvalue weighted by Crippen LogP contribution is 2.16. The predicted octanol–water partition coefficient (Wildman–Crippen LogP) is 3.00. The van der Waals surface area contributed by atoms with Crippen molar-refractivity contribution in [1.82, 2.24) is 30.3 Å². The molecule has 0 aliphatic heterocycles. The van der Waals surface area contributed by atoms with Gasteiger partial charge in [0.05, 0.1) is 29.8 Å². The predicted molar refractivity (Wildman–Crippen MR) is 102 cm³/mol. The summed E-state index contributed by atoms with van der Waals surface area (Å²) in [7, 11) is 0. The Balaban J connectivity index is 1.45. The van der Waals surface area contributed by atoms with Crippen molar-refractivity contribution in [1.29, 1.82) is 0 Å². The molecule has 0 fully saturated rings. The van der Waals surface area contributed by atoms with E-state index in [9.17, 15) is 4.79 Å². The molecule has 1 amide bonds. The minimum atomic E-state index is -0.279. The number of imidazole rings is 1. The van der Waals surface area contributed by atoms with Gasteiger partial charge in [-0.1, -0.05) is 41.6 Å². The molecule has 0 aliphatic carbocycles. The lowest BCUT2D eigenvalue weighted by atomic mass is 10.1. The molecule has 27 heavy (non-hydrogen) atoms. The largest absolute Gasteiger partial charge is 0.341 e. The molecule has 4 rings (SSSR count). The average Bonchev–Trinajstić information content (AvgIpc) is 3.30. The van der Waals surface area contributed by atoms with Gasteiger partial charge in [0, 0.05) is 0 Å². The number of aromatic amines is 1. The van der Waals surface area contributed by atoms with Gasteiger partial charge in [0.25, 0.3) is 5.91 Å². The number of nitrogens with one attached hydrogen (secondary N) is 2. The number of H-pyrrole nitrogens is 1. The second-order valence-corrected chi connectivity index (χ2v) is 6.56. The van der Waals surface area contributed by atoms with Crippen LogP contribution in [0, 0.1) is 6.92 Å². The number of hydrogen-bond donors (Lipinski definition) is 2. The third-order valence-corrected chi connectivity index (χ3v) is 4.53. The highest BCUT2D eigenvalue weighted by atomic mass is 16.2. The van der Waals surface area contributed by atoms with Crippen molar-refractivity contribution in [2.75, 3.05) is 0 Å². The Hall–Kier alpha value is -3.48. The van der Waals surface area contributed by atoms with Gasteiger partial charge in [-0.05, 0) is 37.1 Å². The van der Waals surface area contributed by atoms with E-state index in [2.05, 4.69) is 38.6 Å². The summed E-state index contributed by atoms with van der Waals surface area (Å²) in [4.78, 5) is 20.3. The fourth-order valence-electron chi connectivity index (χ4n) is 2.96. The molecule has 1 atom stereocenters. The Labute approximate surface area is 156 Å². The number of rotatable bonds is 5. The maximum Gasteiger partial charge on any atom is 0.274 e. The van der Waals surface area contributed by atoms with Gasteiger partial charge in [0.2, 0.25) is 0 Å². The Morgan fingerprint density at radius 3 is 2.78 bits per heavy atom. The first-order valence-corrected chi connectivity index (χ1v) is 8.80. The van der Waals surface area contributed by atoms with Crippen LogP contribution >= 0.6 is 0 Å². The van der Waals surface area contributed by atoms with Gasteiger partial charge in [-0.2, -0.15) is 0 Å². The van der Waals surface area contributed by atoms with E-state index in [1.54, 1.807) is 10.9 Å². The number of benzene rings is 2. The number of carbonyl (C=O) groups excluding carboxylic acids is 1. The summed E-state index contributed by atoms with van der Waals surface area (Å²) in [5.41, 5.74) is 4.42. The number of para-hydroxylation sites is 2. The van der Waals surface area contributed by atoms with E-state index in [1.165, 1.54) is 5.56 Å². The van der Waals surface area contributed by atoms with E-state index < -0.39 is 0 Å². The molecule has 4 aromatic rings. The molecule has 0 aliphatic rings. The van der Waals surface area contributed by atoms with Crippen LogP contribution in [0.1, 0.15) is 40.4 Å². The normalized spacial score (nSPS) is 12.2. The van der Waals surface area contributed by atoms with Crippen molar-refractivity contribution in [3.63, 3.8) is 0 Å². The van der Waals surface area contributed by atoms with Crippen molar-refractivity contribution in [2.45, 2.75) is 26.4 Å². The zero-order chi connectivity index (χ0) is 18.8. The summed E-state index contributed by atoms with van der Waals surface area (Å²) in [5, 5.41) is 11.0. The molecule has 2 aromatic heterocycles. The van der Waals surface area contributed by atoms with E-state index in [0.717, 1.165) is 16.6 Å². The van der Waals surface area contributed by atoms with Gasteiger partial charge in [-0.15, -0.1) is 5.10 Å².